The third-order valence-corrected chi connectivity index (χ3v) is 3.58. The Morgan fingerprint density at radius 2 is 1.56 bits per heavy atom. The fourth-order valence-electron chi connectivity index (χ4n) is 1.89. The predicted molar refractivity (Wildman–Crippen MR) is 76.7 cm³/mol. The Morgan fingerprint density at radius 3 is 2.11 bits per heavy atom. The molecule has 2 nitrogen and oxygen atoms in total. The van der Waals surface area contributed by atoms with Crippen molar-refractivity contribution in [1.29, 1.82) is 0 Å². The third-order valence-electron chi connectivity index (χ3n) is 2.87. The first-order chi connectivity index (χ1) is 8.72. The van der Waals surface area contributed by atoms with Crippen LogP contribution in [0.1, 0.15) is 17.2 Å². The molecule has 1 unspecified atom stereocenters. The highest BCUT2D eigenvalue weighted by Crippen LogP contribution is 2.28. The van der Waals surface area contributed by atoms with Crippen LogP contribution in [-0.4, -0.2) is 0 Å². The maximum atomic E-state index is 6.16. The van der Waals surface area contributed by atoms with Gasteiger partial charge >= 0.3 is 0 Å². The molecule has 0 aliphatic carbocycles. The zero-order chi connectivity index (χ0) is 13.0. The lowest BCUT2D eigenvalue weighted by Gasteiger charge is -2.18. The van der Waals surface area contributed by atoms with Crippen molar-refractivity contribution in [2.75, 3.05) is 0 Å². The minimum atomic E-state index is -0.0106. The Bertz CT molecular complexity index is 494. The van der Waals surface area contributed by atoms with E-state index < -0.39 is 0 Å². The van der Waals surface area contributed by atoms with Crippen LogP contribution >= 0.6 is 23.2 Å². The van der Waals surface area contributed by atoms with Crippen LogP contribution in [0.3, 0.4) is 0 Å². The van der Waals surface area contributed by atoms with Gasteiger partial charge in [-0.25, -0.2) is 0 Å². The highest BCUT2D eigenvalue weighted by atomic mass is 35.5. The molecule has 1 atom stereocenters. The SMILES string of the molecule is NNC(Cc1c(Cl)cccc1Cl)c1ccccc1. The van der Waals surface area contributed by atoms with Gasteiger partial charge in [0.15, 0.2) is 0 Å². The summed E-state index contributed by atoms with van der Waals surface area (Å²) in [7, 11) is 0. The third kappa shape index (κ3) is 3.03. The number of halogens is 2. The molecule has 0 aliphatic heterocycles. The number of hydrogen-bond donors (Lipinski definition) is 2. The van der Waals surface area contributed by atoms with Crippen LogP contribution in [0, 0.1) is 0 Å². The van der Waals surface area contributed by atoms with Crippen molar-refractivity contribution in [3.8, 4) is 0 Å². The van der Waals surface area contributed by atoms with Gasteiger partial charge in [-0.1, -0.05) is 59.6 Å². The van der Waals surface area contributed by atoms with Gasteiger partial charge in [-0.05, 0) is 29.7 Å². The van der Waals surface area contributed by atoms with Crippen LogP contribution in [0.2, 0.25) is 10.0 Å². The standard InChI is InChI=1S/C14H14Cl2N2/c15-12-7-4-8-13(16)11(12)9-14(18-17)10-5-2-1-3-6-10/h1-8,14,18H,9,17H2. The van der Waals surface area contributed by atoms with Crippen LogP contribution in [0.5, 0.6) is 0 Å². The number of rotatable bonds is 4. The van der Waals surface area contributed by atoms with Crippen LogP contribution < -0.4 is 11.3 Å². The Balaban J connectivity index is 2.26. The molecule has 0 heterocycles. The number of benzene rings is 2. The molecule has 94 valence electrons. The molecule has 2 rings (SSSR count). The van der Waals surface area contributed by atoms with Crippen LogP contribution in [0.25, 0.3) is 0 Å². The predicted octanol–water partition coefficient (Wildman–Crippen LogP) is 3.74. The van der Waals surface area contributed by atoms with Crippen LogP contribution in [0.4, 0.5) is 0 Å². The lowest BCUT2D eigenvalue weighted by molar-refractivity contribution is 0.552. The molecular formula is C14H14Cl2N2. The fraction of sp³-hybridized carbons (Fsp3) is 0.143. The van der Waals surface area contributed by atoms with Gasteiger partial charge in [0.25, 0.3) is 0 Å². The summed E-state index contributed by atoms with van der Waals surface area (Å²) < 4.78 is 0. The van der Waals surface area contributed by atoms with Crippen LogP contribution in [-0.2, 0) is 6.42 Å². The molecule has 0 saturated carbocycles. The molecule has 4 heteroatoms. The average Bonchev–Trinajstić information content (AvgIpc) is 2.40. The summed E-state index contributed by atoms with van der Waals surface area (Å²) >= 11 is 12.3. The Kier molecular flexibility index (Phi) is 4.61. The smallest absolute Gasteiger partial charge is 0.0501 e. The van der Waals surface area contributed by atoms with Crippen molar-refractivity contribution >= 4 is 23.2 Å². The lowest BCUT2D eigenvalue weighted by Crippen LogP contribution is -2.29. The molecule has 0 radical (unpaired) electrons. The molecular weight excluding hydrogens is 267 g/mol. The Labute approximate surface area is 117 Å². The maximum absolute atomic E-state index is 6.16. The van der Waals surface area contributed by atoms with E-state index in [2.05, 4.69) is 5.43 Å². The first-order valence-corrected chi connectivity index (χ1v) is 6.42. The monoisotopic (exact) mass is 280 g/mol. The number of nitrogens with one attached hydrogen (secondary N) is 1. The quantitative estimate of drug-likeness (QED) is 0.661. The second-order valence-electron chi connectivity index (χ2n) is 4.03. The highest BCUT2D eigenvalue weighted by Gasteiger charge is 2.14. The highest BCUT2D eigenvalue weighted by molar-refractivity contribution is 6.36. The van der Waals surface area contributed by atoms with E-state index in [1.165, 1.54) is 0 Å². The van der Waals surface area contributed by atoms with E-state index in [4.69, 9.17) is 29.0 Å². The van der Waals surface area contributed by atoms with E-state index in [9.17, 15) is 0 Å². The normalized spacial score (nSPS) is 12.4. The molecule has 0 spiro atoms. The second kappa shape index (κ2) is 6.21. The van der Waals surface area contributed by atoms with E-state index >= 15 is 0 Å². The fourth-order valence-corrected chi connectivity index (χ4v) is 2.44. The van der Waals surface area contributed by atoms with E-state index in [0.29, 0.717) is 16.5 Å². The second-order valence-corrected chi connectivity index (χ2v) is 4.85. The minimum Gasteiger partial charge on any atom is -0.271 e. The zero-order valence-corrected chi connectivity index (χ0v) is 11.2. The van der Waals surface area contributed by atoms with E-state index in [-0.39, 0.29) is 6.04 Å². The van der Waals surface area contributed by atoms with Crippen LogP contribution in [0.15, 0.2) is 48.5 Å². The molecule has 18 heavy (non-hydrogen) atoms. The van der Waals surface area contributed by atoms with Crippen molar-refractivity contribution in [2.45, 2.75) is 12.5 Å². The van der Waals surface area contributed by atoms with Crippen molar-refractivity contribution in [3.05, 3.63) is 69.7 Å². The summed E-state index contributed by atoms with van der Waals surface area (Å²) in [6, 6.07) is 15.5. The number of hydrogen-bond acceptors (Lipinski definition) is 2. The van der Waals surface area contributed by atoms with Gasteiger partial charge < -0.3 is 0 Å². The van der Waals surface area contributed by atoms with Crippen molar-refractivity contribution in [1.82, 2.24) is 5.43 Å². The summed E-state index contributed by atoms with van der Waals surface area (Å²) in [6.45, 7) is 0. The Morgan fingerprint density at radius 1 is 0.944 bits per heavy atom. The first-order valence-electron chi connectivity index (χ1n) is 5.66. The summed E-state index contributed by atoms with van der Waals surface area (Å²) in [5, 5.41) is 1.33. The molecule has 0 aromatic heterocycles. The average molecular weight is 281 g/mol. The summed E-state index contributed by atoms with van der Waals surface area (Å²) in [4.78, 5) is 0. The van der Waals surface area contributed by atoms with Gasteiger partial charge in [-0.15, -0.1) is 0 Å². The zero-order valence-electron chi connectivity index (χ0n) is 9.74. The largest absolute Gasteiger partial charge is 0.271 e. The van der Waals surface area contributed by atoms with Crippen molar-refractivity contribution in [2.24, 2.45) is 5.84 Å². The lowest BCUT2D eigenvalue weighted by atomic mass is 9.99. The Hall–Kier alpha value is -1.06. The van der Waals surface area contributed by atoms with E-state index in [0.717, 1.165) is 11.1 Å². The number of hydrazine groups is 1. The number of nitrogens with two attached hydrogens (primary N) is 1. The molecule has 0 aliphatic rings. The molecule has 3 N–H and O–H groups in total. The minimum absolute atomic E-state index is 0.0106. The molecule has 0 saturated heterocycles. The van der Waals surface area contributed by atoms with Gasteiger partial charge in [0, 0.05) is 10.0 Å². The molecule has 2 aromatic carbocycles. The van der Waals surface area contributed by atoms with Crippen molar-refractivity contribution < 1.29 is 0 Å². The topological polar surface area (TPSA) is 38.0 Å². The van der Waals surface area contributed by atoms with Gasteiger partial charge in [0.1, 0.15) is 0 Å². The van der Waals surface area contributed by atoms with Gasteiger partial charge in [-0.3, -0.25) is 11.3 Å². The summed E-state index contributed by atoms with van der Waals surface area (Å²) in [5.74, 6) is 5.62. The summed E-state index contributed by atoms with van der Waals surface area (Å²) in [5.41, 5.74) is 4.82. The van der Waals surface area contributed by atoms with Crippen molar-refractivity contribution in [3.63, 3.8) is 0 Å². The summed E-state index contributed by atoms with van der Waals surface area (Å²) in [6.07, 6.45) is 0.652. The van der Waals surface area contributed by atoms with Gasteiger partial charge in [0.05, 0.1) is 6.04 Å². The molecule has 0 bridgehead atoms. The first kappa shape index (κ1) is 13.4. The van der Waals surface area contributed by atoms with E-state index in [1.807, 2.05) is 48.5 Å². The van der Waals surface area contributed by atoms with Gasteiger partial charge in [0.2, 0.25) is 0 Å². The molecule has 2 aromatic rings. The van der Waals surface area contributed by atoms with Gasteiger partial charge in [-0.2, -0.15) is 0 Å². The van der Waals surface area contributed by atoms with E-state index in [1.54, 1.807) is 0 Å². The molecule has 0 amide bonds. The molecule has 0 fully saturated rings. The maximum Gasteiger partial charge on any atom is 0.0501 e.